The summed E-state index contributed by atoms with van der Waals surface area (Å²) in [5, 5.41) is 2.87. The summed E-state index contributed by atoms with van der Waals surface area (Å²) in [4.78, 5) is 24.5. The van der Waals surface area contributed by atoms with E-state index in [0.29, 0.717) is 22.4 Å². The first-order valence-electron chi connectivity index (χ1n) is 9.74. The maximum absolute atomic E-state index is 12.6. The van der Waals surface area contributed by atoms with E-state index in [1.54, 1.807) is 25.3 Å². The summed E-state index contributed by atoms with van der Waals surface area (Å²) in [7, 11) is 3.04. The third-order valence-corrected chi connectivity index (χ3v) is 5.15. The molecule has 0 atom stereocenters. The second-order valence-electron chi connectivity index (χ2n) is 7.81. The summed E-state index contributed by atoms with van der Waals surface area (Å²) < 4.78 is 10.5. The van der Waals surface area contributed by atoms with Gasteiger partial charge in [0.05, 0.1) is 19.8 Å². The number of carbonyl (C=O) groups is 2. The number of fused-ring (bicyclic) bond motifs is 1. The molecule has 0 unspecified atom stereocenters. The highest BCUT2D eigenvalue weighted by Crippen LogP contribution is 2.38. The van der Waals surface area contributed by atoms with Crippen LogP contribution in [0.15, 0.2) is 30.3 Å². The van der Waals surface area contributed by atoms with Crippen LogP contribution in [0.1, 0.15) is 72.1 Å². The van der Waals surface area contributed by atoms with Gasteiger partial charge in [-0.05, 0) is 64.9 Å². The Morgan fingerprint density at radius 1 is 1.00 bits per heavy atom. The fourth-order valence-electron chi connectivity index (χ4n) is 3.62. The van der Waals surface area contributed by atoms with Crippen molar-refractivity contribution in [3.63, 3.8) is 0 Å². The summed E-state index contributed by atoms with van der Waals surface area (Å²) in [6, 6.07) is 9.21. The van der Waals surface area contributed by atoms with E-state index in [4.69, 9.17) is 9.47 Å². The Labute approximate surface area is 171 Å². The number of anilines is 1. The van der Waals surface area contributed by atoms with Gasteiger partial charge in [-0.25, -0.2) is 4.79 Å². The first kappa shape index (κ1) is 20.6. The number of amides is 1. The van der Waals surface area contributed by atoms with Crippen molar-refractivity contribution < 1.29 is 19.1 Å². The van der Waals surface area contributed by atoms with E-state index < -0.39 is 5.97 Å². The molecule has 0 spiro atoms. The fourth-order valence-corrected chi connectivity index (χ4v) is 3.62. The van der Waals surface area contributed by atoms with Crippen LogP contribution >= 0.6 is 0 Å². The Bertz CT molecular complexity index is 973. The zero-order chi connectivity index (χ0) is 21.3. The number of esters is 1. The van der Waals surface area contributed by atoms with E-state index in [9.17, 15) is 9.59 Å². The van der Waals surface area contributed by atoms with Gasteiger partial charge in [-0.15, -0.1) is 0 Å². The summed E-state index contributed by atoms with van der Waals surface area (Å²) >= 11 is 0. The van der Waals surface area contributed by atoms with Crippen LogP contribution in [0.2, 0.25) is 0 Å². The van der Waals surface area contributed by atoms with Gasteiger partial charge in [-0.2, -0.15) is 0 Å². The summed E-state index contributed by atoms with van der Waals surface area (Å²) in [6.45, 7) is 8.50. The second-order valence-corrected chi connectivity index (χ2v) is 7.81. The van der Waals surface area contributed by atoms with Crippen LogP contribution in [0.25, 0.3) is 11.6 Å². The first-order chi connectivity index (χ1) is 13.8. The molecule has 1 aliphatic rings. The minimum Gasteiger partial charge on any atom is -0.496 e. The molecule has 29 heavy (non-hydrogen) atoms. The minimum atomic E-state index is -0.430. The molecule has 2 aromatic carbocycles. The molecule has 0 aromatic heterocycles. The molecular formula is C24H27NO4. The van der Waals surface area contributed by atoms with Gasteiger partial charge >= 0.3 is 5.97 Å². The van der Waals surface area contributed by atoms with Crippen molar-refractivity contribution in [2.24, 2.45) is 0 Å². The lowest BCUT2D eigenvalue weighted by Crippen LogP contribution is -2.04. The van der Waals surface area contributed by atoms with Crippen molar-refractivity contribution in [3.8, 4) is 5.75 Å². The second kappa shape index (κ2) is 8.11. The fraction of sp³-hybridized carbons (Fsp3) is 0.333. The van der Waals surface area contributed by atoms with Gasteiger partial charge in [-0.3, -0.25) is 4.79 Å². The molecule has 0 saturated carbocycles. The summed E-state index contributed by atoms with van der Waals surface area (Å²) in [5.74, 6) is 0.837. The molecule has 1 N–H and O–H groups in total. The zero-order valence-electron chi connectivity index (χ0n) is 17.8. The quantitative estimate of drug-likeness (QED) is 0.559. The number of hydrogen-bond donors (Lipinski definition) is 1. The standard InChI is InChI=1S/C24H27NO4/c1-13(2)17-9-15(10-18(14(3)4)22(17)28-5)11-20-19-12-16(24(27)29-6)7-8-21(19)25-23(20)26/h7-14H,1-6H3,(H,25,26)/b20-11-. The molecule has 0 fully saturated rings. The lowest BCUT2D eigenvalue weighted by Gasteiger charge is -2.19. The molecule has 0 bridgehead atoms. The minimum absolute atomic E-state index is 0.185. The Kier molecular flexibility index (Phi) is 5.78. The summed E-state index contributed by atoms with van der Waals surface area (Å²) in [5.41, 5.74) is 5.47. The number of methoxy groups -OCH3 is 2. The predicted octanol–water partition coefficient (Wildman–Crippen LogP) is 5.22. The Morgan fingerprint density at radius 3 is 2.14 bits per heavy atom. The van der Waals surface area contributed by atoms with Crippen LogP contribution in [-0.2, 0) is 9.53 Å². The molecule has 1 heterocycles. The SMILES string of the molecule is COC(=O)c1ccc2c(c1)/C(=C/c1cc(C(C)C)c(OC)c(C(C)C)c1)C(=O)N2. The van der Waals surface area contributed by atoms with Gasteiger partial charge in [0.25, 0.3) is 5.91 Å². The monoisotopic (exact) mass is 393 g/mol. The van der Waals surface area contributed by atoms with Crippen molar-refractivity contribution in [1.29, 1.82) is 0 Å². The molecule has 2 aromatic rings. The van der Waals surface area contributed by atoms with Gasteiger partial charge in [-0.1, -0.05) is 27.7 Å². The van der Waals surface area contributed by atoms with Gasteiger partial charge < -0.3 is 14.8 Å². The van der Waals surface area contributed by atoms with E-state index in [0.717, 1.165) is 22.4 Å². The van der Waals surface area contributed by atoms with Crippen LogP contribution < -0.4 is 10.1 Å². The van der Waals surface area contributed by atoms with Crippen LogP contribution in [0, 0.1) is 0 Å². The highest BCUT2D eigenvalue weighted by molar-refractivity contribution is 6.35. The number of hydrogen-bond acceptors (Lipinski definition) is 4. The van der Waals surface area contributed by atoms with Gasteiger partial charge in [0.1, 0.15) is 5.75 Å². The van der Waals surface area contributed by atoms with E-state index in [2.05, 4.69) is 45.1 Å². The lowest BCUT2D eigenvalue weighted by molar-refractivity contribution is -0.110. The van der Waals surface area contributed by atoms with E-state index in [1.165, 1.54) is 7.11 Å². The highest BCUT2D eigenvalue weighted by atomic mass is 16.5. The maximum atomic E-state index is 12.6. The van der Waals surface area contributed by atoms with Crippen LogP contribution in [-0.4, -0.2) is 26.1 Å². The molecule has 0 saturated heterocycles. The average molecular weight is 393 g/mol. The Morgan fingerprint density at radius 2 is 1.62 bits per heavy atom. The van der Waals surface area contributed by atoms with Crippen molar-refractivity contribution in [2.45, 2.75) is 39.5 Å². The smallest absolute Gasteiger partial charge is 0.337 e. The normalized spacial score (nSPS) is 14.3. The molecule has 0 aliphatic carbocycles. The zero-order valence-corrected chi connectivity index (χ0v) is 17.8. The molecule has 152 valence electrons. The molecule has 5 heteroatoms. The number of nitrogens with one attached hydrogen (secondary N) is 1. The van der Waals surface area contributed by atoms with E-state index in [-0.39, 0.29) is 17.7 Å². The number of carbonyl (C=O) groups excluding carboxylic acids is 2. The topological polar surface area (TPSA) is 64.6 Å². The van der Waals surface area contributed by atoms with Crippen molar-refractivity contribution >= 4 is 29.2 Å². The van der Waals surface area contributed by atoms with E-state index >= 15 is 0 Å². The van der Waals surface area contributed by atoms with Gasteiger partial charge in [0.15, 0.2) is 0 Å². The number of benzene rings is 2. The predicted molar refractivity (Wildman–Crippen MR) is 115 cm³/mol. The molecular weight excluding hydrogens is 366 g/mol. The van der Waals surface area contributed by atoms with Crippen LogP contribution in [0.3, 0.4) is 0 Å². The molecule has 1 amide bonds. The third-order valence-electron chi connectivity index (χ3n) is 5.15. The molecule has 0 radical (unpaired) electrons. The van der Waals surface area contributed by atoms with Crippen molar-refractivity contribution in [1.82, 2.24) is 0 Å². The molecule has 5 nitrogen and oxygen atoms in total. The third kappa shape index (κ3) is 3.90. The number of rotatable bonds is 5. The number of ether oxygens (including phenoxy) is 2. The average Bonchev–Trinajstić information content (AvgIpc) is 3.00. The van der Waals surface area contributed by atoms with E-state index in [1.807, 2.05) is 6.08 Å². The first-order valence-corrected chi connectivity index (χ1v) is 9.74. The van der Waals surface area contributed by atoms with Gasteiger partial charge in [0, 0.05) is 16.8 Å². The summed E-state index contributed by atoms with van der Waals surface area (Å²) in [6.07, 6.45) is 1.87. The molecule has 1 aliphatic heterocycles. The van der Waals surface area contributed by atoms with Crippen molar-refractivity contribution in [3.05, 3.63) is 58.1 Å². The Balaban J connectivity index is 2.16. The van der Waals surface area contributed by atoms with Crippen molar-refractivity contribution in [2.75, 3.05) is 19.5 Å². The van der Waals surface area contributed by atoms with Gasteiger partial charge in [0.2, 0.25) is 0 Å². The maximum Gasteiger partial charge on any atom is 0.337 e. The van der Waals surface area contributed by atoms with Crippen LogP contribution in [0.5, 0.6) is 5.75 Å². The molecule has 3 rings (SSSR count). The lowest BCUT2D eigenvalue weighted by atomic mass is 9.90. The largest absolute Gasteiger partial charge is 0.496 e. The highest BCUT2D eigenvalue weighted by Gasteiger charge is 2.26. The van der Waals surface area contributed by atoms with Crippen LogP contribution in [0.4, 0.5) is 5.69 Å². The Hall–Kier alpha value is -3.08.